The summed E-state index contributed by atoms with van der Waals surface area (Å²) in [4.78, 5) is 10.7. The minimum absolute atomic E-state index is 0.112. The number of phenols is 1. The number of hydrogen-bond donors (Lipinski definition) is 2. The van der Waals surface area contributed by atoms with E-state index in [9.17, 15) is 15.2 Å². The first kappa shape index (κ1) is 15.3. The first-order chi connectivity index (χ1) is 10.0. The Morgan fingerprint density at radius 1 is 1.29 bits per heavy atom. The molecule has 5 nitrogen and oxygen atoms in total. The molecule has 0 heterocycles. The van der Waals surface area contributed by atoms with E-state index in [0.717, 1.165) is 0 Å². The van der Waals surface area contributed by atoms with Gasteiger partial charge in [0.1, 0.15) is 5.75 Å². The number of anilines is 1. The Balaban J connectivity index is 2.19. The molecule has 110 valence electrons. The maximum Gasteiger partial charge on any atom is 0.274 e. The lowest BCUT2D eigenvalue weighted by molar-refractivity contribution is -0.385. The monoisotopic (exact) mass is 350 g/mol. The van der Waals surface area contributed by atoms with Crippen LogP contribution in [-0.2, 0) is 13.0 Å². The molecule has 6 heteroatoms. The zero-order valence-electron chi connectivity index (χ0n) is 11.5. The van der Waals surface area contributed by atoms with Crippen molar-refractivity contribution >= 4 is 27.3 Å². The molecule has 0 unspecified atom stereocenters. The van der Waals surface area contributed by atoms with Crippen LogP contribution < -0.4 is 5.32 Å². The summed E-state index contributed by atoms with van der Waals surface area (Å²) in [6.45, 7) is 2.27. The normalized spacial score (nSPS) is 10.4. The van der Waals surface area contributed by atoms with Crippen LogP contribution in [0.3, 0.4) is 0 Å². The molecule has 2 aromatic rings. The molecule has 0 bridgehead atoms. The molecule has 2 rings (SSSR count). The summed E-state index contributed by atoms with van der Waals surface area (Å²) < 4.78 is 0.620. The Morgan fingerprint density at radius 3 is 2.71 bits per heavy atom. The third kappa shape index (κ3) is 3.52. The van der Waals surface area contributed by atoms with Gasteiger partial charge in [-0.3, -0.25) is 10.1 Å². The molecule has 2 N–H and O–H groups in total. The molecule has 0 saturated carbocycles. The number of halogens is 1. The number of aryl methyl sites for hydroxylation is 1. The first-order valence-electron chi connectivity index (χ1n) is 6.50. The van der Waals surface area contributed by atoms with E-state index in [-0.39, 0.29) is 16.4 Å². The van der Waals surface area contributed by atoms with Crippen molar-refractivity contribution in [1.29, 1.82) is 0 Å². The third-order valence-electron chi connectivity index (χ3n) is 3.22. The second-order valence-electron chi connectivity index (χ2n) is 4.56. The van der Waals surface area contributed by atoms with E-state index in [1.54, 1.807) is 24.3 Å². The van der Waals surface area contributed by atoms with E-state index in [1.807, 2.05) is 13.0 Å². The van der Waals surface area contributed by atoms with Crippen LogP contribution in [0, 0.1) is 10.1 Å². The van der Waals surface area contributed by atoms with Gasteiger partial charge in [-0.15, -0.1) is 0 Å². The maximum atomic E-state index is 11.0. The molecule has 0 aliphatic rings. The predicted molar refractivity (Wildman–Crippen MR) is 85.6 cm³/mol. The lowest BCUT2D eigenvalue weighted by Crippen LogP contribution is -2.02. The van der Waals surface area contributed by atoms with E-state index < -0.39 is 0 Å². The number of nitro benzene ring substituents is 1. The van der Waals surface area contributed by atoms with Gasteiger partial charge >= 0.3 is 0 Å². The van der Waals surface area contributed by atoms with E-state index in [1.165, 1.54) is 6.07 Å². The van der Waals surface area contributed by atoms with E-state index in [2.05, 4.69) is 21.2 Å². The summed E-state index contributed by atoms with van der Waals surface area (Å²) in [5, 5.41) is 24.0. The highest BCUT2D eigenvalue weighted by Crippen LogP contribution is 2.29. The van der Waals surface area contributed by atoms with Crippen molar-refractivity contribution in [2.75, 3.05) is 5.32 Å². The number of phenolic OH excluding ortho intramolecular Hbond substituents is 1. The van der Waals surface area contributed by atoms with Crippen molar-refractivity contribution < 1.29 is 10.0 Å². The molecule has 0 aromatic heterocycles. The van der Waals surface area contributed by atoms with Gasteiger partial charge in [0, 0.05) is 29.4 Å². The highest BCUT2D eigenvalue weighted by molar-refractivity contribution is 9.10. The predicted octanol–water partition coefficient (Wildman–Crippen LogP) is 4.24. The molecule has 0 fully saturated rings. The Bertz CT molecular complexity index is 674. The summed E-state index contributed by atoms with van der Waals surface area (Å²) >= 11 is 3.25. The fourth-order valence-electron chi connectivity index (χ4n) is 2.04. The van der Waals surface area contributed by atoms with Gasteiger partial charge in [-0.1, -0.05) is 25.1 Å². The Morgan fingerprint density at radius 2 is 2.05 bits per heavy atom. The van der Waals surface area contributed by atoms with Gasteiger partial charge in [-0.25, -0.2) is 0 Å². The quantitative estimate of drug-likeness (QED) is 0.624. The van der Waals surface area contributed by atoms with Gasteiger partial charge in [0.05, 0.1) is 9.40 Å². The Hall–Kier alpha value is -2.08. The van der Waals surface area contributed by atoms with Crippen molar-refractivity contribution in [3.8, 4) is 5.75 Å². The van der Waals surface area contributed by atoms with E-state index >= 15 is 0 Å². The summed E-state index contributed by atoms with van der Waals surface area (Å²) in [6.07, 6.45) is 0.614. The summed E-state index contributed by atoms with van der Waals surface area (Å²) in [5.41, 5.74) is 2.18. The Labute approximate surface area is 130 Å². The fourth-order valence-corrected chi connectivity index (χ4v) is 2.45. The molecule has 0 aliphatic heterocycles. The number of nitrogens with one attached hydrogen (secondary N) is 1. The zero-order chi connectivity index (χ0) is 15.4. The summed E-state index contributed by atoms with van der Waals surface area (Å²) in [5.74, 6) is 0.171. The van der Waals surface area contributed by atoms with E-state index in [4.69, 9.17) is 0 Å². The number of nitro groups is 1. The highest BCUT2D eigenvalue weighted by Gasteiger charge is 2.13. The molecular weight excluding hydrogens is 336 g/mol. The van der Waals surface area contributed by atoms with Crippen molar-refractivity contribution in [3.63, 3.8) is 0 Å². The van der Waals surface area contributed by atoms with Crippen molar-refractivity contribution in [1.82, 2.24) is 0 Å². The number of benzene rings is 2. The molecule has 0 saturated heterocycles. The number of hydrogen-bond acceptors (Lipinski definition) is 4. The Kier molecular flexibility index (Phi) is 4.80. The minimum atomic E-state index is -0.374. The van der Waals surface area contributed by atoms with Gasteiger partial charge in [0.25, 0.3) is 5.69 Å². The lowest BCUT2D eigenvalue weighted by Gasteiger charge is -2.10. The van der Waals surface area contributed by atoms with Gasteiger partial charge in [-0.05, 0) is 34.5 Å². The fraction of sp³-hybridized carbons (Fsp3) is 0.200. The average molecular weight is 351 g/mol. The van der Waals surface area contributed by atoms with Crippen molar-refractivity contribution in [2.24, 2.45) is 0 Å². The molecule has 0 amide bonds. The molecule has 21 heavy (non-hydrogen) atoms. The number of nitrogens with zero attached hydrogens (tertiary/aromatic N) is 1. The minimum Gasteiger partial charge on any atom is -0.506 e. The van der Waals surface area contributed by atoms with Gasteiger partial charge in [-0.2, -0.15) is 0 Å². The molecular formula is C15H15BrN2O3. The average Bonchev–Trinajstić information content (AvgIpc) is 2.48. The second-order valence-corrected chi connectivity index (χ2v) is 5.41. The van der Waals surface area contributed by atoms with Crippen LogP contribution in [-0.4, -0.2) is 10.0 Å². The van der Waals surface area contributed by atoms with Crippen LogP contribution in [0.4, 0.5) is 11.4 Å². The van der Waals surface area contributed by atoms with Crippen LogP contribution in [0.5, 0.6) is 5.75 Å². The largest absolute Gasteiger partial charge is 0.506 e. The van der Waals surface area contributed by atoms with Crippen molar-refractivity contribution in [2.45, 2.75) is 19.9 Å². The van der Waals surface area contributed by atoms with Crippen LogP contribution >= 0.6 is 15.9 Å². The second kappa shape index (κ2) is 6.58. The molecule has 2 aromatic carbocycles. The summed E-state index contributed by atoms with van der Waals surface area (Å²) in [7, 11) is 0. The highest BCUT2D eigenvalue weighted by atomic mass is 79.9. The SMILES string of the molecule is CCc1ccc(NCc2cccc(Br)c2O)cc1[N+](=O)[O-]. The van der Waals surface area contributed by atoms with Gasteiger partial charge < -0.3 is 10.4 Å². The maximum absolute atomic E-state index is 11.0. The molecule has 0 atom stereocenters. The molecule has 0 aliphatic carbocycles. The zero-order valence-corrected chi connectivity index (χ0v) is 13.1. The number of rotatable bonds is 5. The van der Waals surface area contributed by atoms with Crippen LogP contribution in [0.1, 0.15) is 18.1 Å². The van der Waals surface area contributed by atoms with Gasteiger partial charge in [0.2, 0.25) is 0 Å². The first-order valence-corrected chi connectivity index (χ1v) is 7.29. The van der Waals surface area contributed by atoms with Crippen LogP contribution in [0.15, 0.2) is 40.9 Å². The lowest BCUT2D eigenvalue weighted by atomic mass is 10.1. The standard InChI is InChI=1S/C15H15BrN2O3/c1-2-10-6-7-12(8-14(10)18(20)21)17-9-11-4-3-5-13(16)15(11)19/h3-8,17,19H,2,9H2,1H3. The van der Waals surface area contributed by atoms with Crippen LogP contribution in [0.25, 0.3) is 0 Å². The topological polar surface area (TPSA) is 75.4 Å². The van der Waals surface area contributed by atoms with E-state index in [0.29, 0.717) is 34.3 Å². The summed E-state index contributed by atoms with van der Waals surface area (Å²) in [6, 6.07) is 10.4. The molecule has 0 radical (unpaired) electrons. The van der Waals surface area contributed by atoms with Crippen molar-refractivity contribution in [3.05, 3.63) is 62.1 Å². The van der Waals surface area contributed by atoms with Crippen LogP contribution in [0.2, 0.25) is 0 Å². The third-order valence-corrected chi connectivity index (χ3v) is 3.86. The van der Waals surface area contributed by atoms with Gasteiger partial charge in [0.15, 0.2) is 0 Å². The smallest absolute Gasteiger partial charge is 0.274 e. The number of aromatic hydroxyl groups is 1. The number of para-hydroxylation sites is 1. The molecule has 0 spiro atoms.